The standard InChI is InChI=1S/C23H25N3O2/c1-16-19-10-6-7-11-21(19)26-17(2)20(16)14-22(27)25-15-23(28)24-13-12-18-8-4-3-5-9-18/h3-11H,12-15H2,1-2H3,(H,24,28)(H,25,27). The van der Waals surface area contributed by atoms with Crippen LogP contribution >= 0.6 is 0 Å². The molecule has 0 aliphatic heterocycles. The molecule has 0 unspecified atom stereocenters. The lowest BCUT2D eigenvalue weighted by atomic mass is 9.99. The summed E-state index contributed by atoms with van der Waals surface area (Å²) in [7, 11) is 0. The molecule has 3 aromatic rings. The molecule has 2 N–H and O–H groups in total. The van der Waals surface area contributed by atoms with Gasteiger partial charge in [0.2, 0.25) is 11.8 Å². The first-order valence-corrected chi connectivity index (χ1v) is 9.46. The molecule has 5 heteroatoms. The van der Waals surface area contributed by atoms with E-state index in [0.29, 0.717) is 6.54 Å². The number of para-hydroxylation sites is 1. The summed E-state index contributed by atoms with van der Waals surface area (Å²) in [5, 5.41) is 6.59. The fraction of sp³-hybridized carbons (Fsp3) is 0.261. The van der Waals surface area contributed by atoms with E-state index in [0.717, 1.165) is 34.1 Å². The summed E-state index contributed by atoms with van der Waals surface area (Å²) in [6.45, 7) is 4.45. The van der Waals surface area contributed by atoms with Crippen molar-refractivity contribution in [3.63, 3.8) is 0 Å². The highest BCUT2D eigenvalue weighted by atomic mass is 16.2. The molecule has 0 aliphatic carbocycles. The van der Waals surface area contributed by atoms with Crippen LogP contribution in [-0.4, -0.2) is 29.9 Å². The second-order valence-corrected chi connectivity index (χ2v) is 6.86. The van der Waals surface area contributed by atoms with Crippen LogP contribution in [0.2, 0.25) is 0 Å². The zero-order chi connectivity index (χ0) is 19.9. The van der Waals surface area contributed by atoms with Crippen molar-refractivity contribution in [1.82, 2.24) is 15.6 Å². The minimum Gasteiger partial charge on any atom is -0.354 e. The fourth-order valence-electron chi connectivity index (χ4n) is 3.29. The highest BCUT2D eigenvalue weighted by molar-refractivity contribution is 5.88. The second kappa shape index (κ2) is 9.13. The number of aryl methyl sites for hydroxylation is 2. The van der Waals surface area contributed by atoms with E-state index in [1.165, 1.54) is 5.56 Å². The summed E-state index contributed by atoms with van der Waals surface area (Å²) in [6, 6.07) is 17.9. The zero-order valence-corrected chi connectivity index (χ0v) is 16.3. The highest BCUT2D eigenvalue weighted by Gasteiger charge is 2.13. The number of nitrogens with zero attached hydrogens (tertiary/aromatic N) is 1. The van der Waals surface area contributed by atoms with Crippen molar-refractivity contribution in [1.29, 1.82) is 0 Å². The first-order valence-electron chi connectivity index (χ1n) is 9.46. The van der Waals surface area contributed by atoms with E-state index in [9.17, 15) is 9.59 Å². The fourth-order valence-corrected chi connectivity index (χ4v) is 3.29. The van der Waals surface area contributed by atoms with Gasteiger partial charge in [0.05, 0.1) is 18.5 Å². The van der Waals surface area contributed by atoms with Gasteiger partial charge in [-0.05, 0) is 43.0 Å². The van der Waals surface area contributed by atoms with Gasteiger partial charge in [0.1, 0.15) is 0 Å². The van der Waals surface area contributed by atoms with Crippen LogP contribution in [-0.2, 0) is 22.4 Å². The molecule has 3 rings (SSSR count). The Labute approximate surface area is 165 Å². The van der Waals surface area contributed by atoms with Crippen molar-refractivity contribution < 1.29 is 9.59 Å². The molecular formula is C23H25N3O2. The van der Waals surface area contributed by atoms with Crippen LogP contribution in [0.3, 0.4) is 0 Å². The van der Waals surface area contributed by atoms with Crippen LogP contribution in [0.25, 0.3) is 10.9 Å². The molecule has 28 heavy (non-hydrogen) atoms. The normalized spacial score (nSPS) is 10.6. The number of amides is 2. The first kappa shape index (κ1) is 19.5. The van der Waals surface area contributed by atoms with Gasteiger partial charge in [-0.25, -0.2) is 0 Å². The van der Waals surface area contributed by atoms with Crippen molar-refractivity contribution in [2.24, 2.45) is 0 Å². The van der Waals surface area contributed by atoms with E-state index in [1.54, 1.807) is 0 Å². The van der Waals surface area contributed by atoms with Gasteiger partial charge in [-0.1, -0.05) is 48.5 Å². The van der Waals surface area contributed by atoms with Crippen LogP contribution in [0.1, 0.15) is 22.4 Å². The molecule has 2 aromatic carbocycles. The molecule has 1 aromatic heterocycles. The number of fused-ring (bicyclic) bond motifs is 1. The number of hydrogen-bond donors (Lipinski definition) is 2. The van der Waals surface area contributed by atoms with E-state index in [4.69, 9.17) is 0 Å². The predicted molar refractivity (Wildman–Crippen MR) is 111 cm³/mol. The van der Waals surface area contributed by atoms with Crippen LogP contribution in [0.4, 0.5) is 0 Å². The lowest BCUT2D eigenvalue weighted by Gasteiger charge is -2.12. The molecule has 0 saturated heterocycles. The third kappa shape index (κ3) is 4.94. The molecular weight excluding hydrogens is 350 g/mol. The van der Waals surface area contributed by atoms with E-state index in [-0.39, 0.29) is 24.8 Å². The van der Waals surface area contributed by atoms with Gasteiger partial charge in [0, 0.05) is 17.6 Å². The number of hydrogen-bond acceptors (Lipinski definition) is 3. The van der Waals surface area contributed by atoms with Crippen molar-refractivity contribution in [2.45, 2.75) is 26.7 Å². The number of pyridine rings is 1. The topological polar surface area (TPSA) is 71.1 Å². The maximum Gasteiger partial charge on any atom is 0.239 e. The summed E-state index contributed by atoms with van der Waals surface area (Å²) < 4.78 is 0. The zero-order valence-electron chi connectivity index (χ0n) is 16.3. The third-order valence-corrected chi connectivity index (χ3v) is 4.85. The Morgan fingerprint density at radius 1 is 0.893 bits per heavy atom. The Morgan fingerprint density at radius 2 is 1.61 bits per heavy atom. The van der Waals surface area contributed by atoms with Gasteiger partial charge in [0.15, 0.2) is 0 Å². The van der Waals surface area contributed by atoms with Crippen LogP contribution in [0.5, 0.6) is 0 Å². The lowest BCUT2D eigenvalue weighted by Crippen LogP contribution is -2.38. The highest BCUT2D eigenvalue weighted by Crippen LogP contribution is 2.22. The maximum atomic E-state index is 12.3. The van der Waals surface area contributed by atoms with Crippen molar-refractivity contribution in [2.75, 3.05) is 13.1 Å². The lowest BCUT2D eigenvalue weighted by molar-refractivity contribution is -0.125. The van der Waals surface area contributed by atoms with Crippen molar-refractivity contribution in [3.8, 4) is 0 Å². The molecule has 1 heterocycles. The van der Waals surface area contributed by atoms with Gasteiger partial charge in [0.25, 0.3) is 0 Å². The average Bonchev–Trinajstić information content (AvgIpc) is 2.70. The number of rotatable bonds is 7. The van der Waals surface area contributed by atoms with Gasteiger partial charge < -0.3 is 10.6 Å². The molecule has 0 atom stereocenters. The molecule has 0 spiro atoms. The molecule has 0 saturated carbocycles. The van der Waals surface area contributed by atoms with E-state index in [1.807, 2.05) is 68.4 Å². The van der Waals surface area contributed by atoms with E-state index < -0.39 is 0 Å². The molecule has 0 aliphatic rings. The summed E-state index contributed by atoms with van der Waals surface area (Å²) in [4.78, 5) is 28.9. The van der Waals surface area contributed by atoms with Crippen molar-refractivity contribution in [3.05, 3.63) is 77.0 Å². The first-order chi connectivity index (χ1) is 13.5. The Hall–Kier alpha value is -3.21. The third-order valence-electron chi connectivity index (χ3n) is 4.85. The van der Waals surface area contributed by atoms with Gasteiger partial charge in [-0.15, -0.1) is 0 Å². The summed E-state index contributed by atoms with van der Waals surface area (Å²) >= 11 is 0. The molecule has 5 nitrogen and oxygen atoms in total. The Balaban J connectivity index is 1.50. The Morgan fingerprint density at radius 3 is 2.39 bits per heavy atom. The summed E-state index contributed by atoms with van der Waals surface area (Å²) in [5.74, 6) is -0.365. The SMILES string of the molecule is Cc1nc2ccccc2c(C)c1CC(=O)NCC(=O)NCCc1ccccc1. The summed E-state index contributed by atoms with van der Waals surface area (Å²) in [6.07, 6.45) is 0.981. The number of nitrogens with one attached hydrogen (secondary N) is 2. The van der Waals surface area contributed by atoms with Crippen LogP contribution in [0, 0.1) is 13.8 Å². The predicted octanol–water partition coefficient (Wildman–Crippen LogP) is 2.87. The Bertz CT molecular complexity index is 984. The van der Waals surface area contributed by atoms with Crippen molar-refractivity contribution >= 4 is 22.7 Å². The quantitative estimate of drug-likeness (QED) is 0.667. The smallest absolute Gasteiger partial charge is 0.239 e. The number of aromatic nitrogens is 1. The monoisotopic (exact) mass is 375 g/mol. The average molecular weight is 375 g/mol. The minimum atomic E-state index is -0.186. The largest absolute Gasteiger partial charge is 0.354 e. The number of carbonyl (C=O) groups is 2. The molecule has 0 radical (unpaired) electrons. The van der Waals surface area contributed by atoms with E-state index in [2.05, 4.69) is 15.6 Å². The van der Waals surface area contributed by atoms with Crippen LogP contribution < -0.4 is 10.6 Å². The van der Waals surface area contributed by atoms with E-state index >= 15 is 0 Å². The number of benzene rings is 2. The second-order valence-electron chi connectivity index (χ2n) is 6.86. The molecule has 2 amide bonds. The molecule has 0 bridgehead atoms. The molecule has 144 valence electrons. The number of carbonyl (C=O) groups excluding carboxylic acids is 2. The van der Waals surface area contributed by atoms with Crippen LogP contribution in [0.15, 0.2) is 54.6 Å². The molecule has 0 fully saturated rings. The maximum absolute atomic E-state index is 12.3. The summed E-state index contributed by atoms with van der Waals surface area (Å²) in [5.41, 5.74) is 4.92. The van der Waals surface area contributed by atoms with Gasteiger partial charge >= 0.3 is 0 Å². The Kier molecular flexibility index (Phi) is 6.37. The van der Waals surface area contributed by atoms with Gasteiger partial charge in [-0.2, -0.15) is 0 Å². The van der Waals surface area contributed by atoms with Gasteiger partial charge in [-0.3, -0.25) is 14.6 Å². The minimum absolute atomic E-state index is 0.0211.